The largest absolute Gasteiger partial charge is 0.479 e. The quantitative estimate of drug-likeness (QED) is 0.785. The van der Waals surface area contributed by atoms with Gasteiger partial charge in [-0.2, -0.15) is 0 Å². The Balaban J connectivity index is 1.80. The van der Waals surface area contributed by atoms with Crippen molar-refractivity contribution >= 4 is 40.8 Å². The van der Waals surface area contributed by atoms with Gasteiger partial charge in [0, 0.05) is 5.02 Å². The van der Waals surface area contributed by atoms with Crippen LogP contribution in [0.3, 0.4) is 0 Å². The Morgan fingerprint density at radius 1 is 1.08 bits per heavy atom. The number of rotatable bonds is 6. The molecule has 0 aromatic heterocycles. The molecule has 1 N–H and O–H groups in total. The number of esters is 1. The molecule has 0 aliphatic rings. The SMILES string of the molecule is C[C@@H](Oc1ccc(Cl)cc1)C(=O)OCC(=O)Nc1ccccc1Cl. The second-order valence-corrected chi connectivity index (χ2v) is 5.69. The molecule has 7 heteroatoms. The lowest BCUT2D eigenvalue weighted by Crippen LogP contribution is -2.29. The van der Waals surface area contributed by atoms with Crippen LogP contribution < -0.4 is 10.1 Å². The highest BCUT2D eigenvalue weighted by Gasteiger charge is 2.18. The van der Waals surface area contributed by atoms with Crippen molar-refractivity contribution in [2.45, 2.75) is 13.0 Å². The average Bonchev–Trinajstić information content (AvgIpc) is 2.57. The highest BCUT2D eigenvalue weighted by Crippen LogP contribution is 2.20. The van der Waals surface area contributed by atoms with E-state index in [1.807, 2.05) is 0 Å². The Kier molecular flexibility index (Phi) is 6.46. The molecule has 0 heterocycles. The topological polar surface area (TPSA) is 64.6 Å². The van der Waals surface area contributed by atoms with E-state index in [1.165, 1.54) is 6.92 Å². The van der Waals surface area contributed by atoms with Crippen LogP contribution in [0, 0.1) is 0 Å². The van der Waals surface area contributed by atoms with E-state index in [0.29, 0.717) is 21.5 Å². The molecule has 2 aromatic carbocycles. The van der Waals surface area contributed by atoms with Gasteiger partial charge in [-0.3, -0.25) is 4.79 Å². The first kappa shape index (κ1) is 18.1. The molecule has 0 bridgehead atoms. The molecule has 0 aliphatic carbocycles. The summed E-state index contributed by atoms with van der Waals surface area (Å²) in [5, 5.41) is 3.52. The summed E-state index contributed by atoms with van der Waals surface area (Å²) in [6, 6.07) is 13.3. The van der Waals surface area contributed by atoms with E-state index < -0.39 is 24.6 Å². The lowest BCUT2D eigenvalue weighted by atomic mass is 10.3. The maximum Gasteiger partial charge on any atom is 0.347 e. The van der Waals surface area contributed by atoms with Gasteiger partial charge in [0.25, 0.3) is 5.91 Å². The van der Waals surface area contributed by atoms with Crippen LogP contribution >= 0.6 is 23.2 Å². The van der Waals surface area contributed by atoms with Gasteiger partial charge in [0.2, 0.25) is 0 Å². The summed E-state index contributed by atoms with van der Waals surface area (Å²) in [6.45, 7) is 1.10. The van der Waals surface area contributed by atoms with E-state index in [0.717, 1.165) is 0 Å². The molecule has 0 fully saturated rings. The number of halogens is 2. The van der Waals surface area contributed by atoms with Crippen molar-refractivity contribution in [1.29, 1.82) is 0 Å². The van der Waals surface area contributed by atoms with Crippen LogP contribution in [0.25, 0.3) is 0 Å². The van der Waals surface area contributed by atoms with Gasteiger partial charge in [-0.05, 0) is 43.3 Å². The van der Waals surface area contributed by atoms with Crippen LogP contribution in [0.5, 0.6) is 5.75 Å². The minimum absolute atomic E-state index is 0.400. The van der Waals surface area contributed by atoms with E-state index in [-0.39, 0.29) is 0 Å². The molecule has 1 atom stereocenters. The van der Waals surface area contributed by atoms with Crippen molar-refractivity contribution in [3.8, 4) is 5.75 Å². The number of ether oxygens (including phenoxy) is 2. The molecule has 0 aliphatic heterocycles. The molecule has 0 saturated heterocycles. The number of hydrogen-bond donors (Lipinski definition) is 1. The number of carbonyl (C=O) groups excluding carboxylic acids is 2. The Morgan fingerprint density at radius 2 is 1.75 bits per heavy atom. The van der Waals surface area contributed by atoms with Gasteiger partial charge >= 0.3 is 5.97 Å². The predicted molar refractivity (Wildman–Crippen MR) is 92.6 cm³/mol. The lowest BCUT2D eigenvalue weighted by molar-refractivity contribution is -0.153. The van der Waals surface area contributed by atoms with Crippen LogP contribution in [0.2, 0.25) is 10.0 Å². The van der Waals surface area contributed by atoms with E-state index in [9.17, 15) is 9.59 Å². The Labute approximate surface area is 149 Å². The Hall–Kier alpha value is -2.24. The number of hydrogen-bond acceptors (Lipinski definition) is 4. The van der Waals surface area contributed by atoms with Gasteiger partial charge in [0.1, 0.15) is 5.75 Å². The molecule has 0 saturated carbocycles. The van der Waals surface area contributed by atoms with E-state index >= 15 is 0 Å². The number of benzene rings is 2. The summed E-state index contributed by atoms with van der Waals surface area (Å²) in [6.07, 6.45) is -0.862. The lowest BCUT2D eigenvalue weighted by Gasteiger charge is -2.14. The molecule has 24 heavy (non-hydrogen) atoms. The zero-order valence-corrected chi connectivity index (χ0v) is 14.3. The van der Waals surface area contributed by atoms with Crippen molar-refractivity contribution in [2.75, 3.05) is 11.9 Å². The van der Waals surface area contributed by atoms with E-state index in [2.05, 4.69) is 5.32 Å². The molecule has 0 unspecified atom stereocenters. The van der Waals surface area contributed by atoms with Crippen molar-refractivity contribution in [3.63, 3.8) is 0 Å². The van der Waals surface area contributed by atoms with Crippen molar-refractivity contribution in [3.05, 3.63) is 58.6 Å². The third-order valence-electron chi connectivity index (χ3n) is 2.95. The minimum atomic E-state index is -0.862. The van der Waals surface area contributed by atoms with Crippen LogP contribution in [0.4, 0.5) is 5.69 Å². The van der Waals surface area contributed by atoms with Crippen LogP contribution in [-0.2, 0) is 14.3 Å². The fourth-order valence-corrected chi connectivity index (χ4v) is 2.08. The van der Waals surface area contributed by atoms with Crippen LogP contribution in [-0.4, -0.2) is 24.6 Å². The number of nitrogens with one attached hydrogen (secondary N) is 1. The Bertz CT molecular complexity index is 719. The third kappa shape index (κ3) is 5.44. The van der Waals surface area contributed by atoms with Crippen LogP contribution in [0.1, 0.15) is 6.92 Å². The fraction of sp³-hybridized carbons (Fsp3) is 0.176. The van der Waals surface area contributed by atoms with Crippen molar-refractivity contribution < 1.29 is 19.1 Å². The second-order valence-electron chi connectivity index (χ2n) is 4.85. The van der Waals surface area contributed by atoms with Gasteiger partial charge in [0.15, 0.2) is 12.7 Å². The standard InChI is InChI=1S/C17H15Cl2NO4/c1-11(24-13-8-6-12(18)7-9-13)17(22)23-10-16(21)20-15-5-3-2-4-14(15)19/h2-9,11H,10H2,1H3,(H,20,21)/t11-/m1/s1. The van der Waals surface area contributed by atoms with Gasteiger partial charge in [0.05, 0.1) is 10.7 Å². The highest BCUT2D eigenvalue weighted by atomic mass is 35.5. The second kappa shape index (κ2) is 8.57. The first-order chi connectivity index (χ1) is 11.5. The van der Waals surface area contributed by atoms with Crippen LogP contribution in [0.15, 0.2) is 48.5 Å². The first-order valence-corrected chi connectivity index (χ1v) is 7.84. The molecule has 2 aromatic rings. The van der Waals surface area contributed by atoms with Gasteiger partial charge in [-0.1, -0.05) is 35.3 Å². The average molecular weight is 368 g/mol. The van der Waals surface area contributed by atoms with Gasteiger partial charge in [-0.25, -0.2) is 4.79 Å². The van der Waals surface area contributed by atoms with Crippen molar-refractivity contribution in [1.82, 2.24) is 0 Å². The monoisotopic (exact) mass is 367 g/mol. The molecule has 0 spiro atoms. The van der Waals surface area contributed by atoms with E-state index in [4.69, 9.17) is 32.7 Å². The van der Waals surface area contributed by atoms with Crippen molar-refractivity contribution in [2.24, 2.45) is 0 Å². The third-order valence-corrected chi connectivity index (χ3v) is 3.53. The highest BCUT2D eigenvalue weighted by molar-refractivity contribution is 6.33. The summed E-state index contributed by atoms with van der Waals surface area (Å²) >= 11 is 11.7. The van der Waals surface area contributed by atoms with E-state index in [1.54, 1.807) is 48.5 Å². The summed E-state index contributed by atoms with van der Waals surface area (Å²) in [7, 11) is 0. The molecule has 0 radical (unpaired) electrons. The summed E-state index contributed by atoms with van der Waals surface area (Å²) < 4.78 is 10.3. The first-order valence-electron chi connectivity index (χ1n) is 7.09. The summed E-state index contributed by atoms with van der Waals surface area (Å²) in [5.41, 5.74) is 0.450. The number of para-hydroxylation sites is 1. The number of anilines is 1. The van der Waals surface area contributed by atoms with Gasteiger partial charge < -0.3 is 14.8 Å². The zero-order chi connectivity index (χ0) is 17.5. The zero-order valence-electron chi connectivity index (χ0n) is 12.8. The summed E-state index contributed by atoms with van der Waals surface area (Å²) in [4.78, 5) is 23.6. The maximum atomic E-state index is 11.9. The maximum absolute atomic E-state index is 11.9. The minimum Gasteiger partial charge on any atom is -0.479 e. The molecule has 126 valence electrons. The van der Waals surface area contributed by atoms with Gasteiger partial charge in [-0.15, -0.1) is 0 Å². The Morgan fingerprint density at radius 3 is 2.42 bits per heavy atom. The molecule has 1 amide bonds. The summed E-state index contributed by atoms with van der Waals surface area (Å²) in [5.74, 6) is -0.668. The molecular weight excluding hydrogens is 353 g/mol. The number of carbonyl (C=O) groups is 2. The fourth-order valence-electron chi connectivity index (χ4n) is 1.77. The molecular formula is C17H15Cl2NO4. The smallest absolute Gasteiger partial charge is 0.347 e. The number of amides is 1. The molecule has 2 rings (SSSR count). The normalized spacial score (nSPS) is 11.5. The predicted octanol–water partition coefficient (Wildman–Crippen LogP) is 3.94. The molecule has 5 nitrogen and oxygen atoms in total.